The maximum absolute atomic E-state index is 13.5. The molecule has 3 aliphatic rings. The number of rotatable bonds is 5. The van der Waals surface area contributed by atoms with Gasteiger partial charge >= 0.3 is 12.1 Å². The van der Waals surface area contributed by atoms with Gasteiger partial charge in [0.2, 0.25) is 5.96 Å². The molecule has 11 heteroatoms. The fraction of sp³-hybridized carbons (Fsp3) is 0.346. The number of carbonyl (C=O) groups is 2. The van der Waals surface area contributed by atoms with Crippen LogP contribution in [0.3, 0.4) is 0 Å². The second-order valence-corrected chi connectivity index (χ2v) is 8.75. The number of methoxy groups -OCH3 is 1. The molecular formula is C26H27F3N4O4. The smallest absolute Gasteiger partial charge is 0.490 e. The molecule has 37 heavy (non-hydrogen) atoms. The number of halogens is 3. The van der Waals surface area contributed by atoms with Gasteiger partial charge in [-0.1, -0.05) is 42.5 Å². The van der Waals surface area contributed by atoms with Crippen molar-refractivity contribution in [2.75, 3.05) is 33.3 Å². The van der Waals surface area contributed by atoms with Crippen molar-refractivity contribution in [3.8, 4) is 5.75 Å². The van der Waals surface area contributed by atoms with Gasteiger partial charge in [0.15, 0.2) is 0 Å². The molecule has 5 rings (SSSR count). The Balaban J connectivity index is 0.000000405. The van der Waals surface area contributed by atoms with Gasteiger partial charge in [-0.15, -0.1) is 0 Å². The van der Waals surface area contributed by atoms with E-state index in [1.807, 2.05) is 35.2 Å². The molecule has 0 aliphatic carbocycles. The Hall–Kier alpha value is -3.86. The van der Waals surface area contributed by atoms with Crippen LogP contribution in [-0.2, 0) is 22.7 Å². The molecule has 0 unspecified atom stereocenters. The van der Waals surface area contributed by atoms with Gasteiger partial charge in [-0.25, -0.2) is 4.79 Å². The van der Waals surface area contributed by atoms with Crippen LogP contribution in [0.4, 0.5) is 13.2 Å². The summed E-state index contributed by atoms with van der Waals surface area (Å²) in [4.78, 5) is 33.6. The van der Waals surface area contributed by atoms with Crippen molar-refractivity contribution in [3.63, 3.8) is 0 Å². The third kappa shape index (κ3) is 6.11. The number of amides is 1. The number of carboxylic acids is 1. The third-order valence-electron chi connectivity index (χ3n) is 6.27. The number of alkyl halides is 3. The van der Waals surface area contributed by atoms with Crippen molar-refractivity contribution in [2.24, 2.45) is 4.99 Å². The quantitative estimate of drug-likeness (QED) is 0.655. The Morgan fingerprint density at radius 3 is 2.30 bits per heavy atom. The molecule has 2 aromatic carbocycles. The zero-order valence-electron chi connectivity index (χ0n) is 20.2. The maximum atomic E-state index is 13.5. The van der Waals surface area contributed by atoms with Gasteiger partial charge in [0.05, 0.1) is 25.8 Å². The second-order valence-electron chi connectivity index (χ2n) is 8.75. The first kappa shape index (κ1) is 26.2. The first-order valence-electron chi connectivity index (χ1n) is 11.7. The molecule has 0 radical (unpaired) electrons. The summed E-state index contributed by atoms with van der Waals surface area (Å²) in [7, 11) is 1.66. The van der Waals surface area contributed by atoms with Gasteiger partial charge < -0.3 is 14.7 Å². The van der Waals surface area contributed by atoms with Crippen LogP contribution >= 0.6 is 0 Å². The Morgan fingerprint density at radius 2 is 1.68 bits per heavy atom. The molecule has 1 N–H and O–H groups in total. The number of guanidine groups is 1. The maximum Gasteiger partial charge on any atom is 0.490 e. The highest BCUT2D eigenvalue weighted by molar-refractivity contribution is 6.09. The van der Waals surface area contributed by atoms with E-state index in [4.69, 9.17) is 14.6 Å². The zero-order chi connectivity index (χ0) is 26.6. The molecule has 3 aliphatic heterocycles. The summed E-state index contributed by atoms with van der Waals surface area (Å²) in [5, 5.41) is 7.12. The Morgan fingerprint density at radius 1 is 1.03 bits per heavy atom. The fourth-order valence-electron chi connectivity index (χ4n) is 4.51. The molecule has 0 bridgehead atoms. The predicted molar refractivity (Wildman–Crippen MR) is 130 cm³/mol. The van der Waals surface area contributed by atoms with Crippen molar-refractivity contribution < 1.29 is 32.6 Å². The van der Waals surface area contributed by atoms with Crippen molar-refractivity contribution in [1.29, 1.82) is 0 Å². The summed E-state index contributed by atoms with van der Waals surface area (Å²) in [5.41, 5.74) is 4.45. The highest BCUT2D eigenvalue weighted by atomic mass is 19.4. The van der Waals surface area contributed by atoms with E-state index in [0.717, 1.165) is 55.4 Å². The summed E-state index contributed by atoms with van der Waals surface area (Å²) >= 11 is 0. The molecule has 0 fully saturated rings. The lowest BCUT2D eigenvalue weighted by atomic mass is 10.00. The van der Waals surface area contributed by atoms with Gasteiger partial charge in [0.1, 0.15) is 5.75 Å². The highest BCUT2D eigenvalue weighted by Crippen LogP contribution is 2.32. The number of benzene rings is 2. The van der Waals surface area contributed by atoms with Crippen LogP contribution in [0.25, 0.3) is 0 Å². The average Bonchev–Trinajstić information content (AvgIpc) is 3.37. The molecule has 0 saturated heterocycles. The van der Waals surface area contributed by atoms with E-state index in [1.165, 1.54) is 11.3 Å². The van der Waals surface area contributed by atoms with Crippen LogP contribution in [0.2, 0.25) is 0 Å². The van der Waals surface area contributed by atoms with E-state index in [1.54, 1.807) is 7.11 Å². The average molecular weight is 517 g/mol. The highest BCUT2D eigenvalue weighted by Gasteiger charge is 2.41. The summed E-state index contributed by atoms with van der Waals surface area (Å²) in [6, 6.07) is 18.4. The minimum Gasteiger partial charge on any atom is -0.497 e. The largest absolute Gasteiger partial charge is 0.497 e. The Bertz CT molecular complexity index is 1200. The molecule has 0 atom stereocenters. The topological polar surface area (TPSA) is 85.7 Å². The van der Waals surface area contributed by atoms with Crippen LogP contribution < -0.4 is 4.74 Å². The van der Waals surface area contributed by atoms with Crippen LogP contribution in [0, 0.1) is 0 Å². The first-order chi connectivity index (χ1) is 17.7. The third-order valence-corrected chi connectivity index (χ3v) is 6.27. The minimum absolute atomic E-state index is 0.0930. The Kier molecular flexibility index (Phi) is 7.82. The van der Waals surface area contributed by atoms with Gasteiger partial charge in [-0.05, 0) is 23.3 Å². The number of fused-ring (bicyclic) bond motifs is 2. The molecule has 1 amide bonds. The lowest BCUT2D eigenvalue weighted by molar-refractivity contribution is -0.192. The van der Waals surface area contributed by atoms with E-state index < -0.39 is 12.1 Å². The summed E-state index contributed by atoms with van der Waals surface area (Å²) in [6.45, 7) is 4.64. The molecule has 0 aromatic heterocycles. The Labute approximate surface area is 212 Å². The molecule has 0 saturated carbocycles. The number of carbonyl (C=O) groups excluding carboxylic acids is 1. The van der Waals surface area contributed by atoms with E-state index in [2.05, 4.69) is 39.1 Å². The molecule has 2 aromatic rings. The van der Waals surface area contributed by atoms with Crippen molar-refractivity contribution in [3.05, 3.63) is 77.0 Å². The van der Waals surface area contributed by atoms with Crippen LogP contribution in [0.1, 0.15) is 17.5 Å². The van der Waals surface area contributed by atoms with Crippen LogP contribution in [0.15, 0.2) is 70.9 Å². The van der Waals surface area contributed by atoms with E-state index in [0.29, 0.717) is 13.1 Å². The number of hydrogen-bond acceptors (Lipinski definition) is 6. The van der Waals surface area contributed by atoms with E-state index >= 15 is 0 Å². The standard InChI is InChI=1S/C24H26N4O2.C2HF3O2/c1-30-20-9-7-19(8-10-20)16-28-23(29)21-17-26(15-18-5-3-2-4-6-18)13-11-22(21)27-14-12-25-24(27)28;3-2(4,5)1(6)7/h2-10H,11-17H2,1H3;(H,6,7). The summed E-state index contributed by atoms with van der Waals surface area (Å²) in [6.07, 6.45) is -4.19. The van der Waals surface area contributed by atoms with Crippen molar-refractivity contribution >= 4 is 17.8 Å². The van der Waals surface area contributed by atoms with Gasteiger partial charge in [-0.3, -0.25) is 19.6 Å². The lowest BCUT2D eigenvalue weighted by Crippen LogP contribution is -2.53. The SMILES string of the molecule is COc1ccc(CN2C(=O)C3=C(CCN(Cc4ccccc4)C3)N3CCN=C23)cc1.O=C(O)C(F)(F)F. The number of carboxylic acid groups (broad SMARTS) is 1. The van der Waals surface area contributed by atoms with E-state index in [9.17, 15) is 18.0 Å². The number of hydrogen-bond donors (Lipinski definition) is 1. The molecule has 8 nitrogen and oxygen atoms in total. The predicted octanol–water partition coefficient (Wildman–Crippen LogP) is 3.50. The molecular weight excluding hydrogens is 489 g/mol. The number of aliphatic carboxylic acids is 1. The van der Waals surface area contributed by atoms with Crippen LogP contribution in [-0.4, -0.2) is 77.1 Å². The number of nitrogens with zero attached hydrogens (tertiary/aromatic N) is 4. The lowest BCUT2D eigenvalue weighted by Gasteiger charge is -2.42. The van der Waals surface area contributed by atoms with Crippen molar-refractivity contribution in [1.82, 2.24) is 14.7 Å². The van der Waals surface area contributed by atoms with Crippen LogP contribution in [0.5, 0.6) is 5.75 Å². The normalized spacial score (nSPS) is 17.5. The number of ether oxygens (including phenoxy) is 1. The van der Waals surface area contributed by atoms with Gasteiger partial charge in [-0.2, -0.15) is 13.2 Å². The number of aliphatic imine (C=N–C) groups is 1. The molecule has 196 valence electrons. The minimum atomic E-state index is -5.08. The van der Waals surface area contributed by atoms with Crippen molar-refractivity contribution in [2.45, 2.75) is 25.7 Å². The van der Waals surface area contributed by atoms with Gasteiger partial charge in [0, 0.05) is 38.3 Å². The summed E-state index contributed by atoms with van der Waals surface area (Å²) in [5.74, 6) is -1.04. The zero-order valence-corrected chi connectivity index (χ0v) is 20.2. The van der Waals surface area contributed by atoms with E-state index in [-0.39, 0.29) is 5.91 Å². The fourth-order valence-corrected chi connectivity index (χ4v) is 4.51. The molecule has 0 spiro atoms. The second kappa shape index (κ2) is 11.0. The van der Waals surface area contributed by atoms with Gasteiger partial charge in [0.25, 0.3) is 5.91 Å². The monoisotopic (exact) mass is 516 g/mol. The summed E-state index contributed by atoms with van der Waals surface area (Å²) < 4.78 is 37.0. The first-order valence-corrected chi connectivity index (χ1v) is 11.7. The molecule has 3 heterocycles.